The van der Waals surface area contributed by atoms with Gasteiger partial charge >= 0.3 is 0 Å². The van der Waals surface area contributed by atoms with Gasteiger partial charge in [0.15, 0.2) is 5.82 Å². The van der Waals surface area contributed by atoms with E-state index in [2.05, 4.69) is 20.8 Å². The number of benzene rings is 2. The number of carbonyl (C=O) groups is 1. The van der Waals surface area contributed by atoms with Crippen LogP contribution in [0.4, 0.5) is 10.1 Å². The molecule has 0 radical (unpaired) electrons. The summed E-state index contributed by atoms with van der Waals surface area (Å²) >= 11 is 0. The molecule has 0 fully saturated rings. The van der Waals surface area contributed by atoms with Gasteiger partial charge in [0.05, 0.1) is 22.5 Å². The summed E-state index contributed by atoms with van der Waals surface area (Å²) in [6.07, 6.45) is 3.71. The Labute approximate surface area is 178 Å². The SMILES string of the molecule is Cc1ccc2nc3c(c(C(=O)Nc4cc(-n5nnnc5C)ccc4F)c2c1)CCCC3. The summed E-state index contributed by atoms with van der Waals surface area (Å²) in [6.45, 7) is 3.73. The van der Waals surface area contributed by atoms with Crippen LogP contribution in [0.2, 0.25) is 0 Å². The van der Waals surface area contributed by atoms with Crippen LogP contribution >= 0.6 is 0 Å². The third kappa shape index (κ3) is 3.43. The lowest BCUT2D eigenvalue weighted by atomic mass is 9.89. The summed E-state index contributed by atoms with van der Waals surface area (Å²) in [6, 6.07) is 10.3. The van der Waals surface area contributed by atoms with E-state index in [1.165, 1.54) is 16.8 Å². The number of nitrogens with zero attached hydrogens (tertiary/aromatic N) is 5. The number of anilines is 1. The van der Waals surface area contributed by atoms with Crippen LogP contribution in [0, 0.1) is 19.7 Å². The predicted molar refractivity (Wildman–Crippen MR) is 115 cm³/mol. The zero-order valence-corrected chi connectivity index (χ0v) is 17.3. The molecule has 4 aromatic rings. The van der Waals surface area contributed by atoms with E-state index in [9.17, 15) is 9.18 Å². The Morgan fingerprint density at radius 3 is 2.74 bits per heavy atom. The van der Waals surface area contributed by atoms with Gasteiger partial charge in [-0.15, -0.1) is 5.10 Å². The normalized spacial score (nSPS) is 13.3. The van der Waals surface area contributed by atoms with Crippen molar-refractivity contribution in [3.8, 4) is 5.69 Å². The number of tetrazole rings is 1. The molecule has 8 heteroatoms. The van der Waals surface area contributed by atoms with Gasteiger partial charge in [-0.3, -0.25) is 9.78 Å². The maximum Gasteiger partial charge on any atom is 0.256 e. The highest BCUT2D eigenvalue weighted by atomic mass is 19.1. The van der Waals surface area contributed by atoms with E-state index in [0.717, 1.165) is 53.4 Å². The number of halogens is 1. The summed E-state index contributed by atoms with van der Waals surface area (Å²) in [7, 11) is 0. The Morgan fingerprint density at radius 1 is 1.10 bits per heavy atom. The van der Waals surface area contributed by atoms with Crippen LogP contribution < -0.4 is 5.32 Å². The fourth-order valence-electron chi connectivity index (χ4n) is 4.19. The highest BCUT2D eigenvalue weighted by Gasteiger charge is 2.23. The highest BCUT2D eigenvalue weighted by Crippen LogP contribution is 2.31. The number of aromatic nitrogens is 5. The van der Waals surface area contributed by atoms with Gasteiger partial charge in [-0.1, -0.05) is 11.6 Å². The van der Waals surface area contributed by atoms with E-state index >= 15 is 0 Å². The Balaban J connectivity index is 1.60. The molecule has 156 valence electrons. The minimum absolute atomic E-state index is 0.0829. The molecule has 2 aromatic heterocycles. The van der Waals surface area contributed by atoms with Gasteiger partial charge in [-0.2, -0.15) is 4.68 Å². The Hall–Kier alpha value is -3.68. The molecule has 0 atom stereocenters. The molecule has 0 aliphatic heterocycles. The lowest BCUT2D eigenvalue weighted by molar-refractivity contribution is 0.102. The van der Waals surface area contributed by atoms with Crippen LogP contribution in [0.15, 0.2) is 36.4 Å². The van der Waals surface area contributed by atoms with E-state index in [1.807, 2.05) is 25.1 Å². The quantitative estimate of drug-likeness (QED) is 0.544. The lowest BCUT2D eigenvalue weighted by Gasteiger charge is -2.21. The number of fused-ring (bicyclic) bond motifs is 2. The first-order chi connectivity index (χ1) is 15.0. The largest absolute Gasteiger partial charge is 0.319 e. The van der Waals surface area contributed by atoms with Crippen LogP contribution in [0.3, 0.4) is 0 Å². The summed E-state index contributed by atoms with van der Waals surface area (Å²) in [5, 5.41) is 15.0. The van der Waals surface area contributed by atoms with Gasteiger partial charge in [-0.25, -0.2) is 4.39 Å². The molecule has 0 unspecified atom stereocenters. The number of carbonyl (C=O) groups excluding carboxylic acids is 1. The average Bonchev–Trinajstić information content (AvgIpc) is 3.19. The van der Waals surface area contributed by atoms with Crippen molar-refractivity contribution < 1.29 is 9.18 Å². The van der Waals surface area contributed by atoms with Crippen molar-refractivity contribution >= 4 is 22.5 Å². The standard InChI is InChI=1S/C23H21FN6O/c1-13-7-10-20-17(11-13)22(16-5-3-4-6-19(16)25-20)23(31)26-21-12-15(8-9-18(21)24)30-14(2)27-28-29-30/h7-12H,3-6H2,1-2H3,(H,26,31). The van der Waals surface area contributed by atoms with Crippen molar-refractivity contribution in [1.82, 2.24) is 25.2 Å². The molecule has 7 nitrogen and oxygen atoms in total. The maximum absolute atomic E-state index is 14.6. The van der Waals surface area contributed by atoms with Crippen LogP contribution in [0.25, 0.3) is 16.6 Å². The fourth-order valence-corrected chi connectivity index (χ4v) is 4.19. The topological polar surface area (TPSA) is 85.6 Å². The smallest absolute Gasteiger partial charge is 0.256 e. The molecule has 5 rings (SSSR count). The molecular weight excluding hydrogens is 395 g/mol. The number of hydrogen-bond donors (Lipinski definition) is 1. The van der Waals surface area contributed by atoms with Crippen LogP contribution in [0.5, 0.6) is 0 Å². The van der Waals surface area contributed by atoms with E-state index in [0.29, 0.717) is 17.1 Å². The Morgan fingerprint density at radius 2 is 1.94 bits per heavy atom. The van der Waals surface area contributed by atoms with Gasteiger partial charge in [0.25, 0.3) is 5.91 Å². The minimum Gasteiger partial charge on any atom is -0.319 e. The lowest BCUT2D eigenvalue weighted by Crippen LogP contribution is -2.20. The number of amides is 1. The van der Waals surface area contributed by atoms with E-state index in [4.69, 9.17) is 4.98 Å². The van der Waals surface area contributed by atoms with Crippen LogP contribution in [-0.4, -0.2) is 31.1 Å². The number of nitrogens with one attached hydrogen (secondary N) is 1. The van der Waals surface area contributed by atoms with E-state index < -0.39 is 5.82 Å². The first-order valence-corrected chi connectivity index (χ1v) is 10.3. The molecule has 2 aromatic carbocycles. The Bertz CT molecular complexity index is 1330. The third-order valence-corrected chi connectivity index (χ3v) is 5.71. The van der Waals surface area contributed by atoms with Gasteiger partial charge in [0.2, 0.25) is 0 Å². The fraction of sp³-hybridized carbons (Fsp3) is 0.261. The molecule has 1 aliphatic carbocycles. The molecule has 1 aliphatic rings. The summed E-state index contributed by atoms with van der Waals surface area (Å²) in [4.78, 5) is 18.3. The Kier molecular flexibility index (Phi) is 4.69. The van der Waals surface area contributed by atoms with Crippen molar-refractivity contribution in [3.05, 3.63) is 70.4 Å². The number of aryl methyl sites for hydroxylation is 3. The van der Waals surface area contributed by atoms with Crippen molar-refractivity contribution in [2.75, 3.05) is 5.32 Å². The molecule has 1 amide bonds. The number of rotatable bonds is 3. The molecule has 0 saturated heterocycles. The van der Waals surface area contributed by atoms with Gasteiger partial charge in [0.1, 0.15) is 5.82 Å². The van der Waals surface area contributed by atoms with E-state index in [1.54, 1.807) is 13.0 Å². The third-order valence-electron chi connectivity index (χ3n) is 5.71. The predicted octanol–water partition coefficient (Wildman–Crippen LogP) is 4.10. The van der Waals surface area contributed by atoms with Crippen molar-refractivity contribution in [1.29, 1.82) is 0 Å². The summed E-state index contributed by atoms with van der Waals surface area (Å²) in [5.41, 5.74) is 5.00. The second-order valence-corrected chi connectivity index (χ2v) is 7.90. The van der Waals surface area contributed by atoms with Crippen LogP contribution in [0.1, 0.15) is 45.8 Å². The molecule has 1 N–H and O–H groups in total. The van der Waals surface area contributed by atoms with Gasteiger partial charge in [-0.05, 0) is 85.9 Å². The maximum atomic E-state index is 14.6. The molecular formula is C23H21FN6O. The molecule has 2 heterocycles. The second kappa shape index (κ2) is 7.54. The van der Waals surface area contributed by atoms with Crippen molar-refractivity contribution in [2.45, 2.75) is 39.5 Å². The molecule has 0 spiro atoms. The minimum atomic E-state index is -0.522. The van der Waals surface area contributed by atoms with Crippen LogP contribution in [-0.2, 0) is 12.8 Å². The molecule has 0 bridgehead atoms. The zero-order chi connectivity index (χ0) is 21.5. The molecule has 0 saturated carbocycles. The second-order valence-electron chi connectivity index (χ2n) is 7.90. The summed E-state index contributed by atoms with van der Waals surface area (Å²) < 4.78 is 16.1. The average molecular weight is 416 g/mol. The molecule has 31 heavy (non-hydrogen) atoms. The van der Waals surface area contributed by atoms with Gasteiger partial charge < -0.3 is 5.32 Å². The number of hydrogen-bond acceptors (Lipinski definition) is 5. The highest BCUT2D eigenvalue weighted by molar-refractivity contribution is 6.13. The first-order valence-electron chi connectivity index (χ1n) is 10.3. The monoisotopic (exact) mass is 416 g/mol. The van der Waals surface area contributed by atoms with Crippen molar-refractivity contribution in [2.24, 2.45) is 0 Å². The van der Waals surface area contributed by atoms with Gasteiger partial charge in [0, 0.05) is 11.1 Å². The summed E-state index contributed by atoms with van der Waals surface area (Å²) in [5.74, 6) is -0.291. The van der Waals surface area contributed by atoms with E-state index in [-0.39, 0.29) is 11.6 Å². The first kappa shape index (κ1) is 19.3. The van der Waals surface area contributed by atoms with Crippen molar-refractivity contribution in [3.63, 3.8) is 0 Å². The zero-order valence-electron chi connectivity index (χ0n) is 17.3. The number of pyridine rings is 1.